The van der Waals surface area contributed by atoms with Crippen LogP contribution in [0.4, 0.5) is 4.48 Å². The van der Waals surface area contributed by atoms with Crippen LogP contribution in [0.25, 0.3) is 0 Å². The van der Waals surface area contributed by atoms with Gasteiger partial charge in [-0.2, -0.15) is 0 Å². The zero-order valence-electron chi connectivity index (χ0n) is 6.48. The first kappa shape index (κ1) is 8.46. The van der Waals surface area contributed by atoms with E-state index in [1.807, 2.05) is 0 Å². The number of aliphatic imine (C=N–C) groups is 1. The summed E-state index contributed by atoms with van der Waals surface area (Å²) >= 11 is 0.930. The zero-order chi connectivity index (χ0) is 9.47. The number of allylic oxidation sites excluding steroid dienone is 1. The summed E-state index contributed by atoms with van der Waals surface area (Å²) in [5.74, 6) is -1.10. The zero-order valence-corrected chi connectivity index (χ0v) is 7.29. The lowest BCUT2D eigenvalue weighted by Crippen LogP contribution is -2.30. The quantitative estimate of drug-likeness (QED) is 0.649. The molecule has 2 heterocycles. The van der Waals surface area contributed by atoms with Gasteiger partial charge in [0.25, 0.3) is 0 Å². The van der Waals surface area contributed by atoms with Gasteiger partial charge in [-0.25, -0.2) is 9.79 Å². The molecule has 0 aromatic heterocycles. The van der Waals surface area contributed by atoms with Crippen LogP contribution in [0, 0.1) is 0 Å². The fourth-order valence-corrected chi connectivity index (χ4v) is 2.04. The second kappa shape index (κ2) is 2.68. The predicted molar refractivity (Wildman–Crippen MR) is 46.1 cm³/mol. The SMILES string of the molecule is O=C(O)C1=C[N+]2(F)CN=CC=C2S1. The number of hydrogen-bond acceptors (Lipinski definition) is 3. The van der Waals surface area contributed by atoms with Crippen LogP contribution in [0.5, 0.6) is 0 Å². The van der Waals surface area contributed by atoms with Crippen molar-refractivity contribution in [2.45, 2.75) is 0 Å². The molecule has 68 valence electrons. The molecule has 0 saturated heterocycles. The summed E-state index contributed by atoms with van der Waals surface area (Å²) in [6.07, 6.45) is 4.03. The number of hydrogen-bond donors (Lipinski definition) is 1. The number of carboxylic acids is 1. The molecule has 0 saturated carbocycles. The van der Waals surface area contributed by atoms with Crippen LogP contribution < -0.4 is 0 Å². The van der Waals surface area contributed by atoms with Crippen molar-refractivity contribution >= 4 is 23.9 Å². The van der Waals surface area contributed by atoms with E-state index in [1.54, 1.807) is 0 Å². The number of rotatable bonds is 1. The van der Waals surface area contributed by atoms with E-state index in [4.69, 9.17) is 5.11 Å². The number of halogens is 1. The second-order valence-electron chi connectivity index (χ2n) is 2.65. The van der Waals surface area contributed by atoms with E-state index in [1.165, 1.54) is 12.3 Å². The average molecular weight is 201 g/mol. The van der Waals surface area contributed by atoms with Crippen LogP contribution in [-0.2, 0) is 4.79 Å². The highest BCUT2D eigenvalue weighted by molar-refractivity contribution is 8.07. The summed E-state index contributed by atoms with van der Waals surface area (Å²) in [6, 6.07) is 0. The first-order valence-electron chi connectivity index (χ1n) is 3.54. The normalized spacial score (nSPS) is 30.8. The lowest BCUT2D eigenvalue weighted by molar-refractivity contribution is -0.974. The standard InChI is InChI=1S/C7H5FN2O2S/c8-10-3-5(7(11)12)13-6(10)1-2-9-4-10/h1-3H,4H2/p+1. The lowest BCUT2D eigenvalue weighted by Gasteiger charge is -2.17. The summed E-state index contributed by atoms with van der Waals surface area (Å²) in [7, 11) is 0. The summed E-state index contributed by atoms with van der Waals surface area (Å²) in [5.41, 5.74) is 0. The van der Waals surface area contributed by atoms with Crippen LogP contribution in [-0.4, -0.2) is 28.7 Å². The number of carbonyl (C=O) groups is 1. The van der Waals surface area contributed by atoms with Gasteiger partial charge in [0.05, 0.1) is 0 Å². The third-order valence-corrected chi connectivity index (χ3v) is 2.87. The molecule has 0 aliphatic carbocycles. The summed E-state index contributed by atoms with van der Waals surface area (Å²) < 4.78 is 12.8. The Balaban J connectivity index is 2.36. The number of aliphatic carboxylic acids is 1. The maximum absolute atomic E-state index is 13.8. The van der Waals surface area contributed by atoms with Crippen molar-refractivity contribution in [1.82, 2.24) is 0 Å². The third kappa shape index (κ3) is 1.27. The number of nitrogens with zero attached hydrogens (tertiary/aromatic N) is 2. The molecule has 0 radical (unpaired) electrons. The molecule has 0 spiro atoms. The molecule has 13 heavy (non-hydrogen) atoms. The first-order chi connectivity index (χ1) is 6.12. The van der Waals surface area contributed by atoms with Crippen LogP contribution in [0.1, 0.15) is 0 Å². The molecule has 0 fully saturated rings. The Hall–Kier alpha value is -1.14. The predicted octanol–water partition coefficient (Wildman–Crippen LogP) is 1.24. The van der Waals surface area contributed by atoms with Crippen molar-refractivity contribution in [2.24, 2.45) is 4.99 Å². The molecular weight excluding hydrogens is 195 g/mol. The lowest BCUT2D eigenvalue weighted by atomic mass is 10.5. The van der Waals surface area contributed by atoms with Crippen LogP contribution in [0.2, 0.25) is 0 Å². The van der Waals surface area contributed by atoms with Crippen LogP contribution in [0.15, 0.2) is 27.2 Å². The van der Waals surface area contributed by atoms with Crippen LogP contribution >= 0.6 is 11.8 Å². The fourth-order valence-electron chi connectivity index (χ4n) is 1.11. The Morgan fingerprint density at radius 1 is 1.77 bits per heavy atom. The minimum Gasteiger partial charge on any atom is -0.477 e. The number of quaternary nitrogens is 1. The van der Waals surface area contributed by atoms with Gasteiger partial charge in [-0.05, 0) is 16.5 Å². The monoisotopic (exact) mass is 201 g/mol. The molecule has 2 rings (SSSR count). The van der Waals surface area contributed by atoms with Gasteiger partial charge in [-0.1, -0.05) is 0 Å². The van der Waals surface area contributed by atoms with E-state index >= 15 is 0 Å². The van der Waals surface area contributed by atoms with E-state index in [0.717, 1.165) is 18.0 Å². The maximum Gasteiger partial charge on any atom is 0.348 e. The van der Waals surface area contributed by atoms with Gasteiger partial charge < -0.3 is 5.11 Å². The van der Waals surface area contributed by atoms with Gasteiger partial charge in [-0.3, -0.25) is 0 Å². The Labute approximate surface area is 77.6 Å². The maximum atomic E-state index is 13.8. The minimum absolute atomic E-state index is 0.0132. The van der Waals surface area contributed by atoms with Crippen molar-refractivity contribution in [2.75, 3.05) is 6.67 Å². The molecule has 0 aromatic carbocycles. The first-order valence-corrected chi connectivity index (χ1v) is 4.35. The number of carboxylic acid groups (broad SMARTS) is 1. The van der Waals surface area contributed by atoms with Crippen molar-refractivity contribution < 1.29 is 19.1 Å². The third-order valence-electron chi connectivity index (χ3n) is 1.72. The molecule has 1 unspecified atom stereocenters. The molecule has 2 aliphatic heterocycles. The van der Waals surface area contributed by atoms with E-state index in [0.29, 0.717) is 5.03 Å². The van der Waals surface area contributed by atoms with Crippen molar-refractivity contribution in [3.05, 3.63) is 22.2 Å². The Bertz CT molecular complexity index is 364. The Morgan fingerprint density at radius 2 is 2.54 bits per heavy atom. The van der Waals surface area contributed by atoms with Gasteiger partial charge in [0.1, 0.15) is 0 Å². The molecule has 6 heteroatoms. The number of thioether (sulfide) groups is 1. The smallest absolute Gasteiger partial charge is 0.348 e. The van der Waals surface area contributed by atoms with Gasteiger partial charge in [-0.15, -0.1) is 0 Å². The van der Waals surface area contributed by atoms with E-state index < -0.39 is 10.7 Å². The average Bonchev–Trinajstić information content (AvgIpc) is 2.41. The van der Waals surface area contributed by atoms with E-state index in [-0.39, 0.29) is 11.6 Å². The Kier molecular flexibility index (Phi) is 1.74. The summed E-state index contributed by atoms with van der Waals surface area (Å²) in [4.78, 5) is 14.3. The molecule has 1 N–H and O–H groups in total. The molecule has 0 amide bonds. The largest absolute Gasteiger partial charge is 0.477 e. The minimum atomic E-state index is -1.10. The van der Waals surface area contributed by atoms with E-state index in [9.17, 15) is 9.28 Å². The highest BCUT2D eigenvalue weighted by Crippen LogP contribution is 2.43. The highest BCUT2D eigenvalue weighted by Gasteiger charge is 2.44. The van der Waals surface area contributed by atoms with Gasteiger partial charge in [0, 0.05) is 16.8 Å². The second-order valence-corrected chi connectivity index (χ2v) is 3.71. The molecule has 1 atom stereocenters. The molecule has 0 aromatic rings. The fraction of sp³-hybridized carbons (Fsp3) is 0.143. The number of fused-ring (bicyclic) bond motifs is 1. The summed E-state index contributed by atoms with van der Waals surface area (Å²) in [6.45, 7) is -0.0738. The molecular formula is C7H6FN2O2S+. The van der Waals surface area contributed by atoms with Crippen molar-refractivity contribution in [1.29, 1.82) is 0 Å². The van der Waals surface area contributed by atoms with Gasteiger partial charge in [0.15, 0.2) is 11.1 Å². The molecule has 4 nitrogen and oxygen atoms in total. The van der Waals surface area contributed by atoms with E-state index in [2.05, 4.69) is 4.99 Å². The van der Waals surface area contributed by atoms with Gasteiger partial charge in [0.2, 0.25) is 11.7 Å². The topological polar surface area (TPSA) is 49.7 Å². The highest BCUT2D eigenvalue weighted by atomic mass is 32.2. The summed E-state index contributed by atoms with van der Waals surface area (Å²) in [5, 5.41) is 8.99. The Morgan fingerprint density at radius 3 is 3.15 bits per heavy atom. The van der Waals surface area contributed by atoms with Crippen molar-refractivity contribution in [3.8, 4) is 0 Å². The van der Waals surface area contributed by atoms with Crippen LogP contribution in [0.3, 0.4) is 0 Å². The molecule has 2 aliphatic rings. The molecule has 0 bridgehead atoms. The van der Waals surface area contributed by atoms with Gasteiger partial charge >= 0.3 is 5.97 Å². The van der Waals surface area contributed by atoms with Crippen molar-refractivity contribution in [3.63, 3.8) is 0 Å².